The zero-order valence-corrected chi connectivity index (χ0v) is 7.41. The summed E-state index contributed by atoms with van der Waals surface area (Å²) in [5.41, 5.74) is 6.41. The SMILES string of the molecule is C/C=C(\C)CS(=O)CCN. The molecule has 2 nitrogen and oxygen atoms in total. The molecule has 0 amide bonds. The maximum absolute atomic E-state index is 11.0. The lowest BCUT2D eigenvalue weighted by Crippen LogP contribution is -2.12. The van der Waals surface area contributed by atoms with Crippen molar-refractivity contribution in [3.05, 3.63) is 11.6 Å². The minimum absolute atomic E-state index is 0.517. The molecule has 1 atom stereocenters. The third-order valence-corrected chi connectivity index (χ3v) is 2.70. The zero-order chi connectivity index (χ0) is 7.98. The van der Waals surface area contributed by atoms with Crippen molar-refractivity contribution in [1.29, 1.82) is 0 Å². The summed E-state index contributed by atoms with van der Waals surface area (Å²) in [4.78, 5) is 0. The molecule has 0 aromatic heterocycles. The Morgan fingerprint density at radius 3 is 2.70 bits per heavy atom. The van der Waals surface area contributed by atoms with E-state index in [1.165, 1.54) is 5.57 Å². The molecule has 0 heterocycles. The topological polar surface area (TPSA) is 43.1 Å². The molecule has 0 aliphatic carbocycles. The van der Waals surface area contributed by atoms with Gasteiger partial charge in [0.25, 0.3) is 0 Å². The first-order chi connectivity index (χ1) is 4.70. The van der Waals surface area contributed by atoms with Crippen molar-refractivity contribution in [2.75, 3.05) is 18.1 Å². The number of hydrogen-bond donors (Lipinski definition) is 1. The van der Waals surface area contributed by atoms with Crippen LogP contribution in [0.2, 0.25) is 0 Å². The summed E-state index contributed by atoms with van der Waals surface area (Å²) in [6.07, 6.45) is 1.98. The summed E-state index contributed by atoms with van der Waals surface area (Å²) in [6.45, 7) is 4.45. The Morgan fingerprint density at radius 2 is 2.30 bits per heavy atom. The minimum atomic E-state index is -0.743. The van der Waals surface area contributed by atoms with Gasteiger partial charge in [0.1, 0.15) is 0 Å². The van der Waals surface area contributed by atoms with E-state index in [2.05, 4.69) is 0 Å². The average molecular weight is 161 g/mol. The molecule has 0 aliphatic rings. The minimum Gasteiger partial charge on any atom is -0.330 e. The zero-order valence-electron chi connectivity index (χ0n) is 6.59. The van der Waals surface area contributed by atoms with Gasteiger partial charge < -0.3 is 5.73 Å². The van der Waals surface area contributed by atoms with E-state index in [9.17, 15) is 4.21 Å². The molecule has 0 saturated carbocycles. The molecular formula is C7H15NOS. The lowest BCUT2D eigenvalue weighted by Gasteiger charge is -1.98. The molecule has 0 spiro atoms. The second kappa shape index (κ2) is 5.62. The van der Waals surface area contributed by atoms with Gasteiger partial charge in [-0.2, -0.15) is 0 Å². The van der Waals surface area contributed by atoms with Crippen LogP contribution in [0.4, 0.5) is 0 Å². The van der Waals surface area contributed by atoms with E-state index in [0.29, 0.717) is 18.1 Å². The fourth-order valence-electron chi connectivity index (χ4n) is 0.541. The van der Waals surface area contributed by atoms with E-state index in [-0.39, 0.29) is 0 Å². The molecule has 60 valence electrons. The highest BCUT2D eigenvalue weighted by Gasteiger charge is 1.97. The lowest BCUT2D eigenvalue weighted by atomic mass is 10.3. The number of nitrogens with two attached hydrogens (primary N) is 1. The Kier molecular flexibility index (Phi) is 5.54. The van der Waals surface area contributed by atoms with Crippen molar-refractivity contribution in [2.45, 2.75) is 13.8 Å². The summed E-state index contributed by atoms with van der Waals surface area (Å²) in [5, 5.41) is 0. The highest BCUT2D eigenvalue weighted by Crippen LogP contribution is 1.94. The number of hydrogen-bond acceptors (Lipinski definition) is 2. The molecule has 0 fully saturated rings. The summed E-state index contributed by atoms with van der Waals surface area (Å²) >= 11 is 0. The van der Waals surface area contributed by atoms with E-state index >= 15 is 0 Å². The van der Waals surface area contributed by atoms with Crippen LogP contribution in [0.1, 0.15) is 13.8 Å². The van der Waals surface area contributed by atoms with Gasteiger partial charge in [-0.15, -0.1) is 0 Å². The monoisotopic (exact) mass is 161 g/mol. The van der Waals surface area contributed by atoms with Gasteiger partial charge in [0.05, 0.1) is 0 Å². The molecule has 0 rings (SSSR count). The first kappa shape index (κ1) is 9.85. The Labute approximate surface area is 65.0 Å². The molecule has 2 N–H and O–H groups in total. The van der Waals surface area contributed by atoms with Crippen molar-refractivity contribution < 1.29 is 4.21 Å². The van der Waals surface area contributed by atoms with E-state index in [0.717, 1.165) is 0 Å². The van der Waals surface area contributed by atoms with Gasteiger partial charge in [-0.3, -0.25) is 4.21 Å². The molecular weight excluding hydrogens is 146 g/mol. The van der Waals surface area contributed by atoms with Crippen LogP contribution in [0.15, 0.2) is 11.6 Å². The van der Waals surface area contributed by atoms with Crippen LogP contribution in [-0.2, 0) is 10.8 Å². The Balaban J connectivity index is 3.58. The first-order valence-corrected chi connectivity index (χ1v) is 4.86. The molecule has 3 heteroatoms. The standard InChI is InChI=1S/C7H15NOS/c1-3-7(2)6-10(9)5-4-8/h3H,4-6,8H2,1-2H3/b7-3+. The largest absolute Gasteiger partial charge is 0.330 e. The van der Waals surface area contributed by atoms with Gasteiger partial charge in [0.15, 0.2) is 0 Å². The van der Waals surface area contributed by atoms with Crippen LogP contribution in [0, 0.1) is 0 Å². The number of allylic oxidation sites excluding steroid dienone is 1. The third-order valence-electron chi connectivity index (χ3n) is 1.23. The molecule has 0 bridgehead atoms. The van der Waals surface area contributed by atoms with Gasteiger partial charge in [0, 0.05) is 28.9 Å². The second-order valence-electron chi connectivity index (χ2n) is 2.21. The molecule has 1 unspecified atom stereocenters. The molecule has 0 radical (unpaired) electrons. The van der Waals surface area contributed by atoms with Crippen molar-refractivity contribution in [1.82, 2.24) is 0 Å². The summed E-state index contributed by atoms with van der Waals surface area (Å²) in [5.74, 6) is 1.29. The predicted molar refractivity (Wildman–Crippen MR) is 46.4 cm³/mol. The van der Waals surface area contributed by atoms with Crippen molar-refractivity contribution in [3.63, 3.8) is 0 Å². The van der Waals surface area contributed by atoms with Crippen LogP contribution < -0.4 is 5.73 Å². The average Bonchev–Trinajstić information content (AvgIpc) is 1.88. The Morgan fingerprint density at radius 1 is 1.70 bits per heavy atom. The maximum Gasteiger partial charge on any atom is 0.0442 e. The lowest BCUT2D eigenvalue weighted by molar-refractivity contribution is 0.684. The highest BCUT2D eigenvalue weighted by atomic mass is 32.2. The van der Waals surface area contributed by atoms with Gasteiger partial charge >= 0.3 is 0 Å². The summed E-state index contributed by atoms with van der Waals surface area (Å²) in [6, 6.07) is 0. The first-order valence-electron chi connectivity index (χ1n) is 3.37. The summed E-state index contributed by atoms with van der Waals surface area (Å²) < 4.78 is 11.0. The smallest absolute Gasteiger partial charge is 0.0442 e. The molecule has 0 aromatic rings. The number of rotatable bonds is 4. The maximum atomic E-state index is 11.0. The second-order valence-corrected chi connectivity index (χ2v) is 3.79. The normalized spacial score (nSPS) is 15.3. The van der Waals surface area contributed by atoms with Gasteiger partial charge in [0.2, 0.25) is 0 Å². The van der Waals surface area contributed by atoms with E-state index in [4.69, 9.17) is 5.73 Å². The van der Waals surface area contributed by atoms with Gasteiger partial charge in [-0.25, -0.2) is 0 Å². The van der Waals surface area contributed by atoms with Crippen LogP contribution in [0.3, 0.4) is 0 Å². The predicted octanol–water partition coefficient (Wildman–Crippen LogP) is 0.660. The fourth-order valence-corrected chi connectivity index (χ4v) is 1.62. The van der Waals surface area contributed by atoms with Crippen molar-refractivity contribution in [3.8, 4) is 0 Å². The van der Waals surface area contributed by atoms with Crippen molar-refractivity contribution in [2.24, 2.45) is 5.73 Å². The van der Waals surface area contributed by atoms with Crippen LogP contribution in [-0.4, -0.2) is 22.3 Å². The van der Waals surface area contributed by atoms with Crippen LogP contribution >= 0.6 is 0 Å². The van der Waals surface area contributed by atoms with Gasteiger partial charge in [-0.05, 0) is 13.8 Å². The Hall–Kier alpha value is -0.150. The molecule has 0 aromatic carbocycles. The molecule has 0 saturated heterocycles. The van der Waals surface area contributed by atoms with Crippen LogP contribution in [0.5, 0.6) is 0 Å². The summed E-state index contributed by atoms with van der Waals surface area (Å²) in [7, 11) is -0.743. The molecule has 10 heavy (non-hydrogen) atoms. The van der Waals surface area contributed by atoms with Crippen LogP contribution in [0.25, 0.3) is 0 Å². The third kappa shape index (κ3) is 4.70. The molecule has 0 aliphatic heterocycles. The Bertz CT molecular complexity index is 143. The van der Waals surface area contributed by atoms with E-state index in [1.807, 2.05) is 19.9 Å². The fraction of sp³-hybridized carbons (Fsp3) is 0.714. The van der Waals surface area contributed by atoms with E-state index < -0.39 is 10.8 Å². The van der Waals surface area contributed by atoms with Crippen molar-refractivity contribution >= 4 is 10.8 Å². The quantitative estimate of drug-likeness (QED) is 0.615. The highest BCUT2D eigenvalue weighted by molar-refractivity contribution is 7.85. The van der Waals surface area contributed by atoms with E-state index in [1.54, 1.807) is 0 Å². The van der Waals surface area contributed by atoms with Gasteiger partial charge in [-0.1, -0.05) is 11.6 Å².